The average Bonchev–Trinajstić information content (AvgIpc) is 3.25. The molecule has 1 aliphatic carbocycles. The highest BCUT2D eigenvalue weighted by Crippen LogP contribution is 2.36. The van der Waals surface area contributed by atoms with Crippen molar-refractivity contribution in [2.45, 2.75) is 25.9 Å². The molecule has 0 spiro atoms. The summed E-state index contributed by atoms with van der Waals surface area (Å²) < 4.78 is 7.53. The molecule has 1 heterocycles. The summed E-state index contributed by atoms with van der Waals surface area (Å²) in [5, 5.41) is 3.03. The minimum absolute atomic E-state index is 0.0237. The molecule has 5 aromatic rings. The lowest BCUT2D eigenvalue weighted by molar-refractivity contribution is -0.150. The van der Waals surface area contributed by atoms with Crippen molar-refractivity contribution in [1.82, 2.24) is 4.57 Å². The third-order valence-corrected chi connectivity index (χ3v) is 7.05. The Hall–Kier alpha value is -4.18. The van der Waals surface area contributed by atoms with Crippen LogP contribution in [0.2, 0.25) is 0 Å². The molecule has 0 saturated carbocycles. The van der Waals surface area contributed by atoms with Crippen molar-refractivity contribution in [1.29, 1.82) is 0 Å². The van der Waals surface area contributed by atoms with Crippen molar-refractivity contribution < 1.29 is 14.3 Å². The van der Waals surface area contributed by atoms with Gasteiger partial charge in [-0.15, -0.1) is 0 Å². The highest BCUT2D eigenvalue weighted by molar-refractivity contribution is 6.11. The van der Waals surface area contributed by atoms with Gasteiger partial charge in [-0.3, -0.25) is 14.2 Å². The molecule has 1 unspecified atom stereocenters. The minimum atomic E-state index is -0.210. The number of carbonyl (C=O) groups excluding carboxylic acids is 2. The first-order chi connectivity index (χ1) is 17.2. The SMILES string of the molecule is O=C(OCc1ccccc1)C1CCc2c(c3ccccc3n2C(=O)c2cccc3ccccc23)C1. The van der Waals surface area contributed by atoms with Crippen molar-refractivity contribution in [3.05, 3.63) is 119 Å². The molecular formula is C31H25NO3. The van der Waals surface area contributed by atoms with Crippen LogP contribution in [0.5, 0.6) is 0 Å². The van der Waals surface area contributed by atoms with Gasteiger partial charge in [0.1, 0.15) is 6.61 Å². The number of benzene rings is 4. The molecule has 35 heavy (non-hydrogen) atoms. The Morgan fingerprint density at radius 3 is 2.37 bits per heavy atom. The van der Waals surface area contributed by atoms with Crippen molar-refractivity contribution in [3.8, 4) is 0 Å². The molecule has 1 aliphatic rings. The summed E-state index contributed by atoms with van der Waals surface area (Å²) in [6.45, 7) is 0.282. The molecule has 0 fully saturated rings. The fourth-order valence-corrected chi connectivity index (χ4v) is 5.32. The Morgan fingerprint density at radius 1 is 0.800 bits per heavy atom. The summed E-state index contributed by atoms with van der Waals surface area (Å²) in [6.07, 6.45) is 1.91. The van der Waals surface area contributed by atoms with Gasteiger partial charge < -0.3 is 4.74 Å². The Kier molecular flexibility index (Phi) is 5.42. The number of ether oxygens (including phenoxy) is 1. The Bertz CT molecular complexity index is 1560. The molecule has 0 amide bonds. The number of nitrogens with zero attached hydrogens (tertiary/aromatic N) is 1. The van der Waals surface area contributed by atoms with E-state index >= 15 is 0 Å². The minimum Gasteiger partial charge on any atom is -0.461 e. The molecule has 1 atom stereocenters. The van der Waals surface area contributed by atoms with Gasteiger partial charge in [0.2, 0.25) is 0 Å². The van der Waals surface area contributed by atoms with Crippen molar-refractivity contribution in [2.75, 3.05) is 0 Å². The second-order valence-corrected chi connectivity index (χ2v) is 9.14. The molecule has 4 heteroatoms. The van der Waals surface area contributed by atoms with E-state index in [2.05, 4.69) is 6.07 Å². The maximum Gasteiger partial charge on any atom is 0.309 e. The van der Waals surface area contributed by atoms with Crippen LogP contribution in [0, 0.1) is 5.92 Å². The lowest BCUT2D eigenvalue weighted by atomic mass is 9.86. The number of aromatic nitrogens is 1. The first-order valence-electron chi connectivity index (χ1n) is 12.0. The lowest BCUT2D eigenvalue weighted by Crippen LogP contribution is -2.26. The van der Waals surface area contributed by atoms with Gasteiger partial charge in [-0.1, -0.05) is 84.9 Å². The molecule has 0 saturated heterocycles. The molecular weight excluding hydrogens is 434 g/mol. The number of carbonyl (C=O) groups is 2. The van der Waals surface area contributed by atoms with Gasteiger partial charge in [0.25, 0.3) is 5.91 Å². The van der Waals surface area contributed by atoms with Crippen LogP contribution in [0.4, 0.5) is 0 Å². The van der Waals surface area contributed by atoms with Crippen LogP contribution in [0.3, 0.4) is 0 Å². The Morgan fingerprint density at radius 2 is 1.51 bits per heavy atom. The van der Waals surface area contributed by atoms with Crippen LogP contribution in [-0.2, 0) is 29.0 Å². The summed E-state index contributed by atoms with van der Waals surface area (Å²) in [5.41, 5.74) is 4.66. The van der Waals surface area contributed by atoms with Gasteiger partial charge in [0.05, 0.1) is 11.4 Å². The van der Waals surface area contributed by atoms with Gasteiger partial charge in [-0.2, -0.15) is 0 Å². The predicted molar refractivity (Wildman–Crippen MR) is 137 cm³/mol. The molecule has 0 bridgehead atoms. The van der Waals surface area contributed by atoms with Crippen molar-refractivity contribution in [2.24, 2.45) is 5.92 Å². The zero-order valence-electron chi connectivity index (χ0n) is 19.3. The van der Waals surface area contributed by atoms with Crippen molar-refractivity contribution in [3.63, 3.8) is 0 Å². The van der Waals surface area contributed by atoms with E-state index in [9.17, 15) is 9.59 Å². The van der Waals surface area contributed by atoms with Gasteiger partial charge in [-0.05, 0) is 53.3 Å². The third-order valence-electron chi connectivity index (χ3n) is 7.05. The van der Waals surface area contributed by atoms with Crippen molar-refractivity contribution >= 4 is 33.6 Å². The lowest BCUT2D eigenvalue weighted by Gasteiger charge is -2.22. The van der Waals surface area contributed by atoms with E-state index in [-0.39, 0.29) is 24.4 Å². The highest BCUT2D eigenvalue weighted by Gasteiger charge is 2.32. The van der Waals surface area contributed by atoms with E-state index in [0.29, 0.717) is 24.8 Å². The highest BCUT2D eigenvalue weighted by atomic mass is 16.5. The fraction of sp³-hybridized carbons (Fsp3) is 0.161. The second kappa shape index (κ2) is 8.88. The van der Waals surface area contributed by atoms with E-state index < -0.39 is 0 Å². The summed E-state index contributed by atoms with van der Waals surface area (Å²) in [5.74, 6) is -0.404. The van der Waals surface area contributed by atoms with E-state index in [4.69, 9.17) is 4.74 Å². The van der Waals surface area contributed by atoms with Crippen LogP contribution in [0.15, 0.2) is 97.1 Å². The number of fused-ring (bicyclic) bond motifs is 4. The Labute approximate surface area is 203 Å². The summed E-state index contributed by atoms with van der Waals surface area (Å²) in [6, 6.07) is 31.6. The molecule has 4 nitrogen and oxygen atoms in total. The topological polar surface area (TPSA) is 48.3 Å². The molecule has 1 aromatic heterocycles. The zero-order valence-corrected chi connectivity index (χ0v) is 19.3. The van der Waals surface area contributed by atoms with Crippen LogP contribution in [0.25, 0.3) is 21.7 Å². The third kappa shape index (κ3) is 3.81. The number of esters is 1. The quantitative estimate of drug-likeness (QED) is 0.295. The van der Waals surface area contributed by atoms with Crippen LogP contribution in [0.1, 0.15) is 33.6 Å². The summed E-state index contributed by atoms with van der Waals surface area (Å²) in [4.78, 5) is 26.9. The zero-order chi connectivity index (χ0) is 23.8. The maximum absolute atomic E-state index is 14.0. The predicted octanol–water partition coefficient (Wildman–Crippen LogP) is 6.33. The Balaban J connectivity index is 1.35. The smallest absolute Gasteiger partial charge is 0.309 e. The normalized spacial score (nSPS) is 15.1. The molecule has 0 aliphatic heterocycles. The van der Waals surface area contributed by atoms with E-state index in [1.165, 1.54) is 0 Å². The summed E-state index contributed by atoms with van der Waals surface area (Å²) in [7, 11) is 0. The second-order valence-electron chi connectivity index (χ2n) is 9.14. The molecule has 4 aromatic carbocycles. The van der Waals surface area contributed by atoms with Crippen LogP contribution < -0.4 is 0 Å². The number of para-hydroxylation sites is 1. The maximum atomic E-state index is 14.0. The standard InChI is InChI=1S/C31H25NO3/c33-30(26-15-8-12-22-11-4-5-13-24(22)26)32-28-16-7-6-14-25(28)27-19-23(17-18-29(27)32)31(34)35-20-21-9-2-1-3-10-21/h1-16,23H,17-20H2. The van der Waals surface area contributed by atoms with Crippen LogP contribution in [-0.4, -0.2) is 16.4 Å². The van der Waals surface area contributed by atoms with Gasteiger partial charge in [-0.25, -0.2) is 0 Å². The molecule has 0 radical (unpaired) electrons. The van der Waals surface area contributed by atoms with Gasteiger partial charge in [0.15, 0.2) is 0 Å². The average molecular weight is 460 g/mol. The molecule has 6 rings (SSSR count). The largest absolute Gasteiger partial charge is 0.461 e. The molecule has 172 valence electrons. The van der Waals surface area contributed by atoms with E-state index in [1.54, 1.807) is 0 Å². The van der Waals surface area contributed by atoms with Gasteiger partial charge >= 0.3 is 5.97 Å². The van der Waals surface area contributed by atoms with E-state index in [1.807, 2.05) is 95.6 Å². The first kappa shape index (κ1) is 21.4. The number of hydrogen-bond donors (Lipinski definition) is 0. The monoisotopic (exact) mass is 459 g/mol. The van der Waals surface area contributed by atoms with E-state index in [0.717, 1.165) is 38.5 Å². The number of rotatable bonds is 4. The number of hydrogen-bond acceptors (Lipinski definition) is 3. The first-order valence-corrected chi connectivity index (χ1v) is 12.0. The van der Waals surface area contributed by atoms with Crippen LogP contribution >= 0.6 is 0 Å². The van der Waals surface area contributed by atoms with Gasteiger partial charge in [0, 0.05) is 16.6 Å². The molecule has 0 N–H and O–H groups in total. The fourth-order valence-electron chi connectivity index (χ4n) is 5.32. The summed E-state index contributed by atoms with van der Waals surface area (Å²) >= 11 is 0.